The molecule has 0 aromatic heterocycles. The third-order valence-electron chi connectivity index (χ3n) is 11.9. The Morgan fingerprint density at radius 2 is 0.860 bits per heavy atom. The summed E-state index contributed by atoms with van der Waals surface area (Å²) < 4.78 is 0. The SMILES string of the molecule is CC1C=CC(C2(c3ccccc3)c3ccccc3-c3cc(-c4ccc(N(c5ccc(-c6ccccc6)cc5)c5ccc(-c6ccccc6)cc5)cc4)ccc32)=CC1. The van der Waals surface area contributed by atoms with Crippen LogP contribution in [-0.4, -0.2) is 0 Å². The topological polar surface area (TPSA) is 3.24 Å². The summed E-state index contributed by atoms with van der Waals surface area (Å²) >= 11 is 0. The van der Waals surface area contributed by atoms with Crippen LogP contribution in [0.2, 0.25) is 0 Å². The Morgan fingerprint density at radius 3 is 1.39 bits per heavy atom. The summed E-state index contributed by atoms with van der Waals surface area (Å²) in [6.07, 6.45) is 8.30. The zero-order valence-corrected chi connectivity index (χ0v) is 32.1. The van der Waals surface area contributed by atoms with Crippen molar-refractivity contribution in [2.75, 3.05) is 4.90 Å². The van der Waals surface area contributed by atoms with Crippen LogP contribution >= 0.6 is 0 Å². The number of benzene rings is 8. The van der Waals surface area contributed by atoms with E-state index in [1.54, 1.807) is 0 Å². The molecule has 2 aliphatic rings. The molecule has 0 radical (unpaired) electrons. The van der Waals surface area contributed by atoms with Gasteiger partial charge in [0, 0.05) is 17.1 Å². The number of nitrogens with zero attached hydrogens (tertiary/aromatic N) is 1. The number of allylic oxidation sites excluding steroid dienone is 4. The van der Waals surface area contributed by atoms with E-state index in [1.807, 2.05) is 0 Å². The molecule has 0 fully saturated rings. The summed E-state index contributed by atoms with van der Waals surface area (Å²) in [4.78, 5) is 2.35. The molecule has 0 saturated heterocycles. The van der Waals surface area contributed by atoms with Gasteiger partial charge in [-0.2, -0.15) is 0 Å². The molecule has 1 heteroatoms. The normalized spacial score (nSPS) is 16.7. The first-order valence-electron chi connectivity index (χ1n) is 20.1. The second-order valence-corrected chi connectivity index (χ2v) is 15.4. The van der Waals surface area contributed by atoms with Crippen molar-refractivity contribution in [2.45, 2.75) is 18.8 Å². The van der Waals surface area contributed by atoms with E-state index in [0.29, 0.717) is 5.92 Å². The van der Waals surface area contributed by atoms with Gasteiger partial charge in [-0.15, -0.1) is 0 Å². The Hall–Kier alpha value is -6.96. The molecule has 272 valence electrons. The molecule has 2 unspecified atom stereocenters. The third-order valence-corrected chi connectivity index (χ3v) is 11.9. The van der Waals surface area contributed by atoms with E-state index < -0.39 is 0 Å². The minimum absolute atomic E-state index is 0.362. The lowest BCUT2D eigenvalue weighted by atomic mass is 9.66. The number of fused-ring (bicyclic) bond motifs is 3. The standard InChI is InChI=1S/C56H43N/c1-40-21-30-48(31-22-40)56(47-17-9-4-10-18-47)54-20-12-11-19-52(54)53-39-46(29-38-55(53)56)45-27-36-51(37-28-45)57(49-32-23-43(24-33-49)41-13-5-2-6-14-41)50-34-25-44(26-35-50)42-15-7-3-8-16-42/h2-21,23-40H,22H2,1H3. The van der Waals surface area contributed by atoms with Gasteiger partial charge >= 0.3 is 0 Å². The lowest BCUT2D eigenvalue weighted by Crippen LogP contribution is -2.29. The minimum Gasteiger partial charge on any atom is -0.311 e. The minimum atomic E-state index is -0.362. The Labute approximate surface area is 336 Å². The van der Waals surface area contributed by atoms with Gasteiger partial charge in [-0.3, -0.25) is 0 Å². The summed E-state index contributed by atoms with van der Waals surface area (Å²) in [5.74, 6) is 0.543. The average molecular weight is 730 g/mol. The quantitative estimate of drug-likeness (QED) is 0.151. The molecule has 0 aliphatic heterocycles. The zero-order valence-electron chi connectivity index (χ0n) is 32.1. The average Bonchev–Trinajstić information content (AvgIpc) is 3.59. The predicted octanol–water partition coefficient (Wildman–Crippen LogP) is 15.0. The third kappa shape index (κ3) is 6.13. The molecule has 10 rings (SSSR count). The van der Waals surface area contributed by atoms with Crippen LogP contribution in [0.1, 0.15) is 30.0 Å². The van der Waals surface area contributed by atoms with Crippen LogP contribution < -0.4 is 4.90 Å². The highest BCUT2D eigenvalue weighted by atomic mass is 15.1. The summed E-state index contributed by atoms with van der Waals surface area (Å²) in [5.41, 5.74) is 18.2. The molecular formula is C56H43N. The van der Waals surface area contributed by atoms with Crippen molar-refractivity contribution in [2.24, 2.45) is 5.92 Å². The van der Waals surface area contributed by atoms with E-state index >= 15 is 0 Å². The van der Waals surface area contributed by atoms with Crippen LogP contribution in [-0.2, 0) is 5.41 Å². The van der Waals surface area contributed by atoms with Crippen LogP contribution in [0, 0.1) is 5.92 Å². The fourth-order valence-electron chi connectivity index (χ4n) is 9.06. The van der Waals surface area contributed by atoms with Crippen molar-refractivity contribution in [3.8, 4) is 44.5 Å². The van der Waals surface area contributed by atoms with Crippen molar-refractivity contribution in [1.29, 1.82) is 0 Å². The second-order valence-electron chi connectivity index (χ2n) is 15.4. The van der Waals surface area contributed by atoms with E-state index in [9.17, 15) is 0 Å². The van der Waals surface area contributed by atoms with E-state index in [1.165, 1.54) is 66.8 Å². The molecule has 57 heavy (non-hydrogen) atoms. The Balaban J connectivity index is 1.04. The second kappa shape index (κ2) is 14.6. The van der Waals surface area contributed by atoms with Gasteiger partial charge in [0.25, 0.3) is 0 Å². The number of hydrogen-bond donors (Lipinski definition) is 0. The summed E-state index contributed by atoms with van der Waals surface area (Å²) in [6.45, 7) is 2.30. The molecule has 0 amide bonds. The number of hydrogen-bond acceptors (Lipinski definition) is 1. The van der Waals surface area contributed by atoms with E-state index in [0.717, 1.165) is 23.5 Å². The van der Waals surface area contributed by atoms with Crippen LogP contribution in [0.25, 0.3) is 44.5 Å². The highest BCUT2D eigenvalue weighted by Crippen LogP contribution is 2.57. The lowest BCUT2D eigenvalue weighted by Gasteiger charge is -2.36. The van der Waals surface area contributed by atoms with Crippen LogP contribution in [0.15, 0.2) is 230 Å². The fraction of sp³-hybridized carbons (Fsp3) is 0.0714. The molecule has 0 saturated carbocycles. The molecule has 2 atom stereocenters. The van der Waals surface area contributed by atoms with Crippen molar-refractivity contribution in [3.05, 3.63) is 247 Å². The van der Waals surface area contributed by atoms with Gasteiger partial charge in [-0.1, -0.05) is 189 Å². The molecule has 8 aromatic rings. The molecule has 2 aliphatic carbocycles. The summed E-state index contributed by atoms with van der Waals surface area (Å²) in [6, 6.07) is 75.4. The van der Waals surface area contributed by atoms with E-state index in [2.05, 4.69) is 236 Å². The number of anilines is 3. The molecule has 0 heterocycles. The lowest BCUT2D eigenvalue weighted by molar-refractivity contribution is 0.691. The highest BCUT2D eigenvalue weighted by molar-refractivity contribution is 5.90. The van der Waals surface area contributed by atoms with E-state index in [4.69, 9.17) is 0 Å². The largest absolute Gasteiger partial charge is 0.311 e. The number of rotatable bonds is 8. The fourth-order valence-corrected chi connectivity index (χ4v) is 9.06. The van der Waals surface area contributed by atoms with Gasteiger partial charge in [0.05, 0.1) is 5.41 Å². The summed E-state index contributed by atoms with van der Waals surface area (Å²) in [5, 5.41) is 0. The first kappa shape index (κ1) is 34.5. The molecular weight excluding hydrogens is 687 g/mol. The zero-order chi connectivity index (χ0) is 38.2. The van der Waals surface area contributed by atoms with Gasteiger partial charge in [0.1, 0.15) is 0 Å². The first-order valence-corrected chi connectivity index (χ1v) is 20.1. The smallest absolute Gasteiger partial charge is 0.0710 e. The predicted molar refractivity (Wildman–Crippen MR) is 240 cm³/mol. The maximum absolute atomic E-state index is 2.48. The van der Waals surface area contributed by atoms with Crippen molar-refractivity contribution in [1.82, 2.24) is 0 Å². The van der Waals surface area contributed by atoms with Gasteiger partial charge in [-0.25, -0.2) is 0 Å². The van der Waals surface area contributed by atoms with Crippen molar-refractivity contribution < 1.29 is 0 Å². The Bertz CT molecular complexity index is 2640. The van der Waals surface area contributed by atoms with Crippen LogP contribution in [0.5, 0.6) is 0 Å². The molecule has 0 bridgehead atoms. The van der Waals surface area contributed by atoms with Crippen molar-refractivity contribution in [3.63, 3.8) is 0 Å². The van der Waals surface area contributed by atoms with Crippen LogP contribution in [0.4, 0.5) is 17.1 Å². The maximum atomic E-state index is 2.48. The Kier molecular flexibility index (Phi) is 8.84. The van der Waals surface area contributed by atoms with Crippen molar-refractivity contribution >= 4 is 17.1 Å². The summed E-state index contributed by atoms with van der Waals surface area (Å²) in [7, 11) is 0. The molecule has 8 aromatic carbocycles. The molecule has 0 N–H and O–H groups in total. The molecule has 0 spiro atoms. The van der Waals surface area contributed by atoms with Gasteiger partial charge in [0.15, 0.2) is 0 Å². The van der Waals surface area contributed by atoms with Gasteiger partial charge in [0.2, 0.25) is 0 Å². The van der Waals surface area contributed by atoms with Gasteiger partial charge in [-0.05, 0) is 122 Å². The van der Waals surface area contributed by atoms with E-state index in [-0.39, 0.29) is 5.41 Å². The highest BCUT2D eigenvalue weighted by Gasteiger charge is 2.46. The molecule has 1 nitrogen and oxygen atoms in total. The monoisotopic (exact) mass is 729 g/mol. The Morgan fingerprint density at radius 1 is 0.421 bits per heavy atom. The maximum Gasteiger partial charge on any atom is 0.0710 e. The van der Waals surface area contributed by atoms with Crippen LogP contribution in [0.3, 0.4) is 0 Å². The first-order chi connectivity index (χ1) is 28.2. The van der Waals surface area contributed by atoms with Gasteiger partial charge < -0.3 is 4.90 Å².